The lowest BCUT2D eigenvalue weighted by Crippen LogP contribution is -2.29. The first kappa shape index (κ1) is 17.7. The minimum atomic E-state index is 0.0124. The molecule has 1 aliphatic carbocycles. The number of carbonyl (C=O) groups is 1. The van der Waals surface area contributed by atoms with E-state index in [0.717, 1.165) is 22.8 Å². The fraction of sp³-hybridized carbons (Fsp3) is 0.350. The van der Waals surface area contributed by atoms with E-state index in [9.17, 15) is 4.79 Å². The molecule has 0 bridgehead atoms. The highest BCUT2D eigenvalue weighted by molar-refractivity contribution is 8.00. The van der Waals surface area contributed by atoms with Gasteiger partial charge in [-0.15, -0.1) is 11.8 Å². The van der Waals surface area contributed by atoms with E-state index in [1.54, 1.807) is 7.11 Å². The lowest BCUT2D eigenvalue weighted by molar-refractivity contribution is -0.118. The number of hydrogen-bond donors (Lipinski definition) is 1. The Labute approximate surface area is 152 Å². The summed E-state index contributed by atoms with van der Waals surface area (Å²) in [5.74, 6) is 2.11. The van der Waals surface area contributed by atoms with E-state index >= 15 is 0 Å². The quantitative estimate of drug-likeness (QED) is 0.580. The minimum absolute atomic E-state index is 0.0124. The van der Waals surface area contributed by atoms with Gasteiger partial charge in [0.05, 0.1) is 19.4 Å². The molecular formula is C20H23NO3S. The molecule has 0 saturated heterocycles. The molecule has 3 rings (SSSR count). The molecule has 0 radical (unpaired) electrons. The van der Waals surface area contributed by atoms with Crippen molar-refractivity contribution in [3.05, 3.63) is 53.6 Å². The largest absolute Gasteiger partial charge is 0.497 e. The third-order valence-corrected chi connectivity index (χ3v) is 5.20. The molecular weight excluding hydrogens is 334 g/mol. The number of ether oxygens (including phenoxy) is 2. The van der Waals surface area contributed by atoms with Gasteiger partial charge >= 0.3 is 0 Å². The first-order chi connectivity index (χ1) is 12.2. The lowest BCUT2D eigenvalue weighted by atomic mass is 10.1. The van der Waals surface area contributed by atoms with E-state index in [1.165, 1.54) is 35.7 Å². The highest BCUT2D eigenvalue weighted by Gasteiger charge is 2.11. The van der Waals surface area contributed by atoms with Crippen LogP contribution < -0.4 is 14.8 Å². The van der Waals surface area contributed by atoms with Gasteiger partial charge < -0.3 is 14.8 Å². The number of thioether (sulfide) groups is 1. The third-order valence-electron chi connectivity index (χ3n) is 4.19. The number of benzene rings is 2. The molecule has 1 amide bonds. The van der Waals surface area contributed by atoms with Gasteiger partial charge in [-0.1, -0.05) is 6.07 Å². The standard InChI is InChI=1S/C20H23NO3S/c1-23-17-7-9-19(10-8-17)25-14-20(22)21-11-12-24-18-6-5-15-3-2-4-16(15)13-18/h5-10,13H,2-4,11-12,14H2,1H3,(H,21,22). The molecule has 2 aromatic rings. The van der Waals surface area contributed by atoms with Gasteiger partial charge in [-0.3, -0.25) is 4.79 Å². The van der Waals surface area contributed by atoms with Crippen LogP contribution in [0.25, 0.3) is 0 Å². The zero-order valence-corrected chi connectivity index (χ0v) is 15.2. The number of aryl methyl sites for hydroxylation is 2. The van der Waals surface area contributed by atoms with Gasteiger partial charge in [0.2, 0.25) is 5.91 Å². The van der Waals surface area contributed by atoms with E-state index in [1.807, 2.05) is 30.3 Å². The van der Waals surface area contributed by atoms with Crippen molar-refractivity contribution in [1.29, 1.82) is 0 Å². The van der Waals surface area contributed by atoms with Crippen LogP contribution >= 0.6 is 11.8 Å². The Bertz CT molecular complexity index is 715. The fourth-order valence-electron chi connectivity index (χ4n) is 2.87. The van der Waals surface area contributed by atoms with Crippen LogP contribution in [0.4, 0.5) is 0 Å². The monoisotopic (exact) mass is 357 g/mol. The van der Waals surface area contributed by atoms with E-state index in [0.29, 0.717) is 18.9 Å². The number of amides is 1. The molecule has 132 valence electrons. The number of hydrogen-bond acceptors (Lipinski definition) is 4. The predicted octanol–water partition coefficient (Wildman–Crippen LogP) is 3.47. The molecule has 1 N–H and O–H groups in total. The molecule has 4 nitrogen and oxygen atoms in total. The SMILES string of the molecule is COc1ccc(SCC(=O)NCCOc2ccc3c(c2)CCC3)cc1. The molecule has 0 unspecified atom stereocenters. The number of fused-ring (bicyclic) bond motifs is 1. The number of carbonyl (C=O) groups excluding carboxylic acids is 1. The number of methoxy groups -OCH3 is 1. The molecule has 1 aliphatic rings. The van der Waals surface area contributed by atoms with Crippen LogP contribution in [-0.4, -0.2) is 31.9 Å². The molecule has 0 atom stereocenters. The van der Waals surface area contributed by atoms with E-state index in [2.05, 4.69) is 17.4 Å². The van der Waals surface area contributed by atoms with E-state index in [4.69, 9.17) is 9.47 Å². The summed E-state index contributed by atoms with van der Waals surface area (Å²) in [5, 5.41) is 2.89. The smallest absolute Gasteiger partial charge is 0.230 e. The average molecular weight is 357 g/mol. The van der Waals surface area contributed by atoms with Crippen LogP contribution in [0.2, 0.25) is 0 Å². The molecule has 0 heterocycles. The van der Waals surface area contributed by atoms with Crippen LogP contribution in [0.3, 0.4) is 0 Å². The highest BCUT2D eigenvalue weighted by Crippen LogP contribution is 2.26. The second-order valence-electron chi connectivity index (χ2n) is 5.95. The molecule has 25 heavy (non-hydrogen) atoms. The Kier molecular flexibility index (Phi) is 6.23. The van der Waals surface area contributed by atoms with Gasteiger partial charge in [0.1, 0.15) is 18.1 Å². The molecule has 0 saturated carbocycles. The summed E-state index contributed by atoms with van der Waals surface area (Å²) in [6, 6.07) is 14.0. The third kappa shape index (κ3) is 5.16. The molecule has 0 spiro atoms. The van der Waals surface area contributed by atoms with Gasteiger partial charge in [0.25, 0.3) is 0 Å². The Morgan fingerprint density at radius 1 is 1.08 bits per heavy atom. The van der Waals surface area contributed by atoms with Crippen LogP contribution in [-0.2, 0) is 17.6 Å². The van der Waals surface area contributed by atoms with Gasteiger partial charge in [-0.25, -0.2) is 0 Å². The zero-order chi connectivity index (χ0) is 17.5. The summed E-state index contributed by atoms with van der Waals surface area (Å²) in [6.45, 7) is 0.997. The van der Waals surface area contributed by atoms with Crippen LogP contribution in [0, 0.1) is 0 Å². The van der Waals surface area contributed by atoms with Crippen molar-refractivity contribution in [2.45, 2.75) is 24.2 Å². The fourth-order valence-corrected chi connectivity index (χ4v) is 3.60. The first-order valence-corrected chi connectivity index (χ1v) is 9.51. The van der Waals surface area contributed by atoms with Crippen molar-refractivity contribution in [3.8, 4) is 11.5 Å². The first-order valence-electron chi connectivity index (χ1n) is 8.53. The summed E-state index contributed by atoms with van der Waals surface area (Å²) >= 11 is 1.51. The Morgan fingerprint density at radius 2 is 1.84 bits per heavy atom. The van der Waals surface area contributed by atoms with Crippen molar-refractivity contribution < 1.29 is 14.3 Å². The van der Waals surface area contributed by atoms with Crippen molar-refractivity contribution in [1.82, 2.24) is 5.32 Å². The van der Waals surface area contributed by atoms with Crippen molar-refractivity contribution in [2.75, 3.05) is 26.0 Å². The van der Waals surface area contributed by atoms with Gasteiger partial charge in [0.15, 0.2) is 0 Å². The summed E-state index contributed by atoms with van der Waals surface area (Å²) in [7, 11) is 1.64. The molecule has 5 heteroatoms. The van der Waals surface area contributed by atoms with Crippen molar-refractivity contribution >= 4 is 17.7 Å². The van der Waals surface area contributed by atoms with Crippen molar-refractivity contribution in [2.24, 2.45) is 0 Å². The van der Waals surface area contributed by atoms with Crippen LogP contribution in [0.5, 0.6) is 11.5 Å². The second kappa shape index (κ2) is 8.81. The average Bonchev–Trinajstić information content (AvgIpc) is 3.12. The molecule has 0 aliphatic heterocycles. The maximum absolute atomic E-state index is 11.9. The zero-order valence-electron chi connectivity index (χ0n) is 14.4. The summed E-state index contributed by atoms with van der Waals surface area (Å²) < 4.78 is 10.9. The maximum atomic E-state index is 11.9. The summed E-state index contributed by atoms with van der Waals surface area (Å²) in [6.07, 6.45) is 3.56. The summed E-state index contributed by atoms with van der Waals surface area (Å²) in [4.78, 5) is 12.9. The second-order valence-corrected chi connectivity index (χ2v) is 7.00. The van der Waals surface area contributed by atoms with Gasteiger partial charge in [-0.2, -0.15) is 0 Å². The van der Waals surface area contributed by atoms with Crippen LogP contribution in [0.1, 0.15) is 17.5 Å². The van der Waals surface area contributed by atoms with E-state index in [-0.39, 0.29) is 5.91 Å². The van der Waals surface area contributed by atoms with Crippen LogP contribution in [0.15, 0.2) is 47.4 Å². The maximum Gasteiger partial charge on any atom is 0.230 e. The lowest BCUT2D eigenvalue weighted by Gasteiger charge is -2.09. The molecule has 0 aromatic heterocycles. The van der Waals surface area contributed by atoms with Gasteiger partial charge in [-0.05, 0) is 66.8 Å². The summed E-state index contributed by atoms with van der Waals surface area (Å²) in [5.41, 5.74) is 2.84. The highest BCUT2D eigenvalue weighted by atomic mass is 32.2. The number of rotatable bonds is 8. The normalized spacial score (nSPS) is 12.5. The Balaban J connectivity index is 1.33. The van der Waals surface area contributed by atoms with Gasteiger partial charge in [0, 0.05) is 4.90 Å². The molecule has 0 fully saturated rings. The Morgan fingerprint density at radius 3 is 2.64 bits per heavy atom. The Hall–Kier alpha value is -2.14. The molecule has 2 aromatic carbocycles. The topological polar surface area (TPSA) is 47.6 Å². The predicted molar refractivity (Wildman–Crippen MR) is 101 cm³/mol. The van der Waals surface area contributed by atoms with Crippen molar-refractivity contribution in [3.63, 3.8) is 0 Å². The van der Waals surface area contributed by atoms with E-state index < -0.39 is 0 Å². The number of nitrogens with one attached hydrogen (secondary N) is 1. The minimum Gasteiger partial charge on any atom is -0.497 e.